The zero-order valence-corrected chi connectivity index (χ0v) is 14.1. The zero-order valence-electron chi connectivity index (χ0n) is 12.5. The summed E-state index contributed by atoms with van der Waals surface area (Å²) >= 11 is 2.76. The van der Waals surface area contributed by atoms with Crippen molar-refractivity contribution in [3.63, 3.8) is 0 Å². The Balaban J connectivity index is 3.02. The molecule has 0 aliphatic heterocycles. The van der Waals surface area contributed by atoms with Gasteiger partial charge in [0.1, 0.15) is 5.82 Å². The summed E-state index contributed by atoms with van der Waals surface area (Å²) in [5.74, 6) is -1.19. The summed E-state index contributed by atoms with van der Waals surface area (Å²) in [6.45, 7) is 2.16. The summed E-state index contributed by atoms with van der Waals surface area (Å²) in [7, 11) is 0. The van der Waals surface area contributed by atoms with Gasteiger partial charge in [0.25, 0.3) is 11.2 Å². The largest absolute Gasteiger partial charge is 0.495 e. The van der Waals surface area contributed by atoms with E-state index in [0.29, 0.717) is 12.1 Å². The van der Waals surface area contributed by atoms with Crippen LogP contribution < -0.4 is 11.2 Å². The van der Waals surface area contributed by atoms with Crippen LogP contribution >= 0.6 is 15.9 Å². The van der Waals surface area contributed by atoms with Crippen molar-refractivity contribution in [1.29, 1.82) is 0 Å². The van der Waals surface area contributed by atoms with Gasteiger partial charge in [-0.3, -0.25) is 19.5 Å². The van der Waals surface area contributed by atoms with Crippen LogP contribution in [0.1, 0.15) is 11.3 Å². The number of nitrogens with zero attached hydrogens (tertiary/aromatic N) is 3. The monoisotopic (exact) mass is 425 g/mol. The van der Waals surface area contributed by atoms with Gasteiger partial charge < -0.3 is 0 Å². The van der Waals surface area contributed by atoms with Crippen LogP contribution in [0.25, 0.3) is 5.69 Å². The van der Waals surface area contributed by atoms with Crippen molar-refractivity contribution in [2.45, 2.75) is 20.1 Å². The summed E-state index contributed by atoms with van der Waals surface area (Å²) in [5.41, 5.74) is -5.65. The maximum Gasteiger partial charge on any atom is 0.495 e. The highest BCUT2D eigenvalue weighted by Gasteiger charge is 2.37. The maximum atomic E-state index is 14.2. The molecule has 0 aliphatic carbocycles. The summed E-state index contributed by atoms with van der Waals surface area (Å²) in [6, 6.07) is 1.26. The zero-order chi connectivity index (χ0) is 19.3. The highest BCUT2D eigenvalue weighted by molar-refractivity contribution is 9.10. The van der Waals surface area contributed by atoms with E-state index in [9.17, 15) is 37.3 Å². The maximum absolute atomic E-state index is 14.2. The Morgan fingerprint density at radius 1 is 1.20 bits per heavy atom. The van der Waals surface area contributed by atoms with Gasteiger partial charge in [0.05, 0.1) is 15.1 Å². The fraction of sp³-hybridized carbons (Fsp3) is 0.231. The molecule has 2 rings (SSSR count). The molecule has 0 unspecified atom stereocenters. The Kier molecular flexibility index (Phi) is 4.59. The summed E-state index contributed by atoms with van der Waals surface area (Å²) in [4.78, 5) is 34.0. The third-order valence-corrected chi connectivity index (χ3v) is 4.13. The van der Waals surface area contributed by atoms with Crippen LogP contribution in [0.15, 0.2) is 26.2 Å². The van der Waals surface area contributed by atoms with Crippen LogP contribution in [-0.2, 0) is 6.30 Å². The molecule has 2 aromatic rings. The first-order valence-electron chi connectivity index (χ1n) is 6.44. The number of alkyl halides is 3. The molecule has 0 saturated heterocycles. The lowest BCUT2D eigenvalue weighted by Gasteiger charge is -2.17. The standard InChI is InChI=1S/C13H8BrF4N3O4/c1-5-6(2)19(12(23)20(11(5)22)13(16,17)18)10-4-9(21(24)25)7(14)3-8(10)15/h3-4H,1-2H3. The molecule has 1 heterocycles. The highest BCUT2D eigenvalue weighted by atomic mass is 79.9. The second kappa shape index (κ2) is 6.10. The van der Waals surface area contributed by atoms with Crippen molar-refractivity contribution >= 4 is 21.6 Å². The smallest absolute Gasteiger partial charge is 0.269 e. The lowest BCUT2D eigenvalue weighted by molar-refractivity contribution is -0.385. The van der Waals surface area contributed by atoms with Crippen molar-refractivity contribution < 1.29 is 22.5 Å². The van der Waals surface area contributed by atoms with Gasteiger partial charge in [-0.25, -0.2) is 9.18 Å². The molecule has 0 saturated carbocycles. The topological polar surface area (TPSA) is 87.1 Å². The molecule has 0 atom stereocenters. The van der Waals surface area contributed by atoms with Gasteiger partial charge in [-0.2, -0.15) is 4.57 Å². The molecule has 0 bridgehead atoms. The van der Waals surface area contributed by atoms with Crippen molar-refractivity contribution in [1.82, 2.24) is 9.13 Å². The van der Waals surface area contributed by atoms with E-state index >= 15 is 0 Å². The fourth-order valence-electron chi connectivity index (χ4n) is 2.17. The summed E-state index contributed by atoms with van der Waals surface area (Å²) in [6.07, 6.45) is -5.34. The molecule has 12 heteroatoms. The van der Waals surface area contributed by atoms with Gasteiger partial charge in [0.15, 0.2) is 0 Å². The molecule has 0 spiro atoms. The number of aromatic nitrogens is 2. The van der Waals surface area contributed by atoms with Crippen LogP contribution in [0.2, 0.25) is 0 Å². The van der Waals surface area contributed by atoms with E-state index in [4.69, 9.17) is 0 Å². The molecule has 0 fully saturated rings. The van der Waals surface area contributed by atoms with Crippen LogP contribution in [0.3, 0.4) is 0 Å². The SMILES string of the molecule is Cc1c(C)n(-c2cc([N+](=O)[O-])c(Br)cc2F)c(=O)n(C(F)(F)F)c1=O. The van der Waals surface area contributed by atoms with Crippen LogP contribution in [0.5, 0.6) is 0 Å². The van der Waals surface area contributed by atoms with E-state index in [0.717, 1.165) is 13.8 Å². The molecule has 0 aliphatic rings. The minimum absolute atomic E-state index is 0.259. The molecule has 25 heavy (non-hydrogen) atoms. The van der Waals surface area contributed by atoms with E-state index in [1.165, 1.54) is 0 Å². The lowest BCUT2D eigenvalue weighted by Crippen LogP contribution is -2.47. The summed E-state index contributed by atoms with van der Waals surface area (Å²) in [5, 5.41) is 11.0. The molecule has 0 radical (unpaired) electrons. The van der Waals surface area contributed by atoms with E-state index in [1.807, 2.05) is 0 Å². The Morgan fingerprint density at radius 2 is 1.76 bits per heavy atom. The molecule has 1 aromatic carbocycles. The molecular formula is C13H8BrF4N3O4. The molecule has 134 valence electrons. The molecule has 7 nitrogen and oxygen atoms in total. The number of hydrogen-bond acceptors (Lipinski definition) is 4. The Labute approximate surface area is 144 Å². The first-order valence-corrected chi connectivity index (χ1v) is 7.23. The minimum atomic E-state index is -5.34. The van der Waals surface area contributed by atoms with E-state index in [2.05, 4.69) is 15.9 Å². The number of halogens is 5. The second-order valence-corrected chi connectivity index (χ2v) is 5.80. The normalized spacial score (nSPS) is 11.6. The number of nitro benzene ring substituents is 1. The minimum Gasteiger partial charge on any atom is -0.269 e. The lowest BCUT2D eigenvalue weighted by atomic mass is 10.2. The quantitative estimate of drug-likeness (QED) is 0.420. The van der Waals surface area contributed by atoms with Crippen molar-refractivity contribution in [3.05, 3.63) is 64.6 Å². The fourth-order valence-corrected chi connectivity index (χ4v) is 2.63. The van der Waals surface area contributed by atoms with E-state index < -0.39 is 49.8 Å². The summed E-state index contributed by atoms with van der Waals surface area (Å²) < 4.78 is 52.3. The highest BCUT2D eigenvalue weighted by Crippen LogP contribution is 2.30. The second-order valence-electron chi connectivity index (χ2n) is 4.95. The predicted molar refractivity (Wildman–Crippen MR) is 81.4 cm³/mol. The van der Waals surface area contributed by atoms with Crippen LogP contribution in [0.4, 0.5) is 23.2 Å². The molecule has 1 aromatic heterocycles. The Bertz CT molecular complexity index is 1010. The van der Waals surface area contributed by atoms with E-state index in [-0.39, 0.29) is 14.7 Å². The first-order chi connectivity index (χ1) is 11.4. The van der Waals surface area contributed by atoms with Crippen molar-refractivity contribution in [2.24, 2.45) is 0 Å². The number of rotatable bonds is 2. The molecule has 0 N–H and O–H groups in total. The van der Waals surface area contributed by atoms with Gasteiger partial charge in [-0.1, -0.05) is 0 Å². The van der Waals surface area contributed by atoms with Crippen molar-refractivity contribution in [2.75, 3.05) is 0 Å². The molecule has 0 amide bonds. The van der Waals surface area contributed by atoms with Gasteiger partial charge in [-0.05, 0) is 35.8 Å². The average Bonchev–Trinajstić information content (AvgIpc) is 2.45. The third kappa shape index (κ3) is 3.08. The number of benzene rings is 1. The Morgan fingerprint density at radius 3 is 2.24 bits per heavy atom. The number of nitro groups is 1. The Hall–Kier alpha value is -2.50. The van der Waals surface area contributed by atoms with E-state index in [1.54, 1.807) is 0 Å². The van der Waals surface area contributed by atoms with Gasteiger partial charge in [0, 0.05) is 17.3 Å². The third-order valence-electron chi connectivity index (χ3n) is 3.49. The van der Waals surface area contributed by atoms with Crippen LogP contribution in [-0.4, -0.2) is 14.1 Å². The van der Waals surface area contributed by atoms with Crippen molar-refractivity contribution in [3.8, 4) is 5.69 Å². The molecular weight excluding hydrogens is 418 g/mol. The van der Waals surface area contributed by atoms with Crippen LogP contribution in [0, 0.1) is 29.8 Å². The average molecular weight is 426 g/mol. The van der Waals surface area contributed by atoms with Gasteiger partial charge >= 0.3 is 12.0 Å². The van der Waals surface area contributed by atoms with Gasteiger partial charge in [0.2, 0.25) is 0 Å². The van der Waals surface area contributed by atoms with Gasteiger partial charge in [-0.15, -0.1) is 13.2 Å². The first kappa shape index (κ1) is 18.8. The number of hydrogen-bond donors (Lipinski definition) is 0. The predicted octanol–water partition coefficient (Wildman–Crippen LogP) is 2.90.